The Kier molecular flexibility index (Phi) is 5.77. The number of hydrogen-bond acceptors (Lipinski definition) is 3. The number of nitrogens with one attached hydrogen (secondary N) is 1. The smallest absolute Gasteiger partial charge is 0.318 e. The largest absolute Gasteiger partial charge is 0.335 e. The van der Waals surface area contributed by atoms with Gasteiger partial charge >= 0.3 is 6.03 Å². The molecule has 3 aromatic rings. The van der Waals surface area contributed by atoms with E-state index in [9.17, 15) is 14.4 Å². The van der Waals surface area contributed by atoms with Crippen molar-refractivity contribution in [3.63, 3.8) is 0 Å². The maximum atomic E-state index is 13.3. The van der Waals surface area contributed by atoms with Crippen molar-refractivity contribution in [1.29, 1.82) is 0 Å². The van der Waals surface area contributed by atoms with Gasteiger partial charge in [-0.1, -0.05) is 25.1 Å². The van der Waals surface area contributed by atoms with Crippen LogP contribution in [0.15, 0.2) is 54.1 Å². The molecular formula is C27H27N3O3. The van der Waals surface area contributed by atoms with Gasteiger partial charge in [-0.05, 0) is 92.8 Å². The first-order valence-corrected chi connectivity index (χ1v) is 11.0. The van der Waals surface area contributed by atoms with E-state index in [1.54, 1.807) is 18.2 Å². The standard InChI is InChI=1S/C27H27N3O3/c1-6-20-7-9-22(10-8-20)29-18(4)14-21(19(29)5)15-24-25(31)28-27(33)30(26(24)32)23-12-16(2)11-17(3)13-23/h7-15H,6H2,1-5H3,(H,28,31,33)/b24-15+. The average molecular weight is 442 g/mol. The number of hydrogen-bond donors (Lipinski definition) is 1. The Morgan fingerprint density at radius 1 is 0.848 bits per heavy atom. The summed E-state index contributed by atoms with van der Waals surface area (Å²) >= 11 is 0. The zero-order chi connectivity index (χ0) is 23.9. The van der Waals surface area contributed by atoms with Crippen molar-refractivity contribution in [2.75, 3.05) is 4.90 Å². The molecule has 0 bridgehead atoms. The van der Waals surface area contributed by atoms with Gasteiger partial charge < -0.3 is 4.57 Å². The molecule has 0 spiro atoms. The van der Waals surface area contributed by atoms with Crippen molar-refractivity contribution in [3.05, 3.63) is 87.7 Å². The van der Waals surface area contributed by atoms with Crippen LogP contribution in [0.4, 0.5) is 10.5 Å². The molecule has 4 rings (SSSR count). The van der Waals surface area contributed by atoms with Crippen molar-refractivity contribution in [2.45, 2.75) is 41.0 Å². The molecule has 0 atom stereocenters. The fraction of sp³-hybridized carbons (Fsp3) is 0.222. The summed E-state index contributed by atoms with van der Waals surface area (Å²) < 4.78 is 2.09. The predicted octanol–water partition coefficient (Wildman–Crippen LogP) is 4.94. The Morgan fingerprint density at radius 3 is 2.09 bits per heavy atom. The minimum absolute atomic E-state index is 0.0738. The Bertz CT molecular complexity index is 1290. The molecule has 0 aliphatic carbocycles. The van der Waals surface area contributed by atoms with Gasteiger partial charge in [-0.2, -0.15) is 0 Å². The van der Waals surface area contributed by atoms with E-state index >= 15 is 0 Å². The number of benzene rings is 2. The maximum Gasteiger partial charge on any atom is 0.335 e. The van der Waals surface area contributed by atoms with Gasteiger partial charge in [-0.3, -0.25) is 14.9 Å². The molecular weight excluding hydrogens is 414 g/mol. The van der Waals surface area contributed by atoms with E-state index in [0.29, 0.717) is 5.69 Å². The lowest BCUT2D eigenvalue weighted by molar-refractivity contribution is -0.122. The van der Waals surface area contributed by atoms with Crippen molar-refractivity contribution in [1.82, 2.24) is 9.88 Å². The highest BCUT2D eigenvalue weighted by molar-refractivity contribution is 6.39. The Balaban J connectivity index is 1.75. The third-order valence-electron chi connectivity index (χ3n) is 5.94. The Morgan fingerprint density at radius 2 is 1.48 bits per heavy atom. The van der Waals surface area contributed by atoms with Crippen molar-refractivity contribution in [2.24, 2.45) is 0 Å². The first kappa shape index (κ1) is 22.3. The molecule has 6 nitrogen and oxygen atoms in total. The van der Waals surface area contributed by atoms with Gasteiger partial charge in [-0.25, -0.2) is 9.69 Å². The first-order chi connectivity index (χ1) is 15.7. The number of carbonyl (C=O) groups excluding carboxylic acids is 3. The normalized spacial score (nSPS) is 15.4. The van der Waals surface area contributed by atoms with Crippen LogP contribution in [-0.2, 0) is 16.0 Å². The number of anilines is 1. The van der Waals surface area contributed by atoms with Crippen LogP contribution in [0, 0.1) is 27.7 Å². The van der Waals surface area contributed by atoms with Crippen molar-refractivity contribution < 1.29 is 14.4 Å². The van der Waals surface area contributed by atoms with Crippen LogP contribution in [-0.4, -0.2) is 22.4 Å². The summed E-state index contributed by atoms with van der Waals surface area (Å²) in [5.41, 5.74) is 7.11. The molecule has 2 heterocycles. The predicted molar refractivity (Wildman–Crippen MR) is 130 cm³/mol. The summed E-state index contributed by atoms with van der Waals surface area (Å²) in [6.45, 7) is 9.84. The summed E-state index contributed by atoms with van der Waals surface area (Å²) in [4.78, 5) is 39.5. The molecule has 168 valence electrons. The number of carbonyl (C=O) groups is 3. The number of aryl methyl sites for hydroxylation is 4. The van der Waals surface area contributed by atoms with E-state index in [1.807, 2.05) is 39.8 Å². The van der Waals surface area contributed by atoms with Gasteiger partial charge in [0.25, 0.3) is 11.8 Å². The van der Waals surface area contributed by atoms with Crippen molar-refractivity contribution >= 4 is 29.6 Å². The number of barbiturate groups is 1. The minimum Gasteiger partial charge on any atom is -0.318 e. The quantitative estimate of drug-likeness (QED) is 0.460. The van der Waals surface area contributed by atoms with Crippen LogP contribution >= 0.6 is 0 Å². The lowest BCUT2D eigenvalue weighted by Crippen LogP contribution is -2.54. The minimum atomic E-state index is -0.742. The number of urea groups is 1. The van der Waals surface area contributed by atoms with Gasteiger partial charge in [0, 0.05) is 17.1 Å². The molecule has 1 aromatic heterocycles. The molecule has 1 saturated heterocycles. The second-order valence-electron chi connectivity index (χ2n) is 8.49. The number of nitrogens with zero attached hydrogens (tertiary/aromatic N) is 2. The summed E-state index contributed by atoms with van der Waals surface area (Å²) in [5, 5.41) is 2.30. The molecule has 4 amide bonds. The van der Waals surface area contributed by atoms with E-state index < -0.39 is 17.8 Å². The van der Waals surface area contributed by atoms with E-state index in [1.165, 1.54) is 5.56 Å². The van der Waals surface area contributed by atoms with Gasteiger partial charge in [-0.15, -0.1) is 0 Å². The number of aromatic nitrogens is 1. The summed E-state index contributed by atoms with van der Waals surface area (Å²) in [7, 11) is 0. The fourth-order valence-electron chi connectivity index (χ4n) is 4.34. The van der Waals surface area contributed by atoms with Crippen LogP contribution in [0.2, 0.25) is 0 Å². The lowest BCUT2D eigenvalue weighted by atomic mass is 10.1. The second kappa shape index (κ2) is 8.54. The molecule has 1 N–H and O–H groups in total. The van der Waals surface area contributed by atoms with Crippen LogP contribution < -0.4 is 10.2 Å². The zero-order valence-electron chi connectivity index (χ0n) is 19.5. The highest BCUT2D eigenvalue weighted by Gasteiger charge is 2.37. The van der Waals surface area contributed by atoms with Crippen LogP contribution in [0.5, 0.6) is 0 Å². The molecule has 1 aliphatic heterocycles. The molecule has 1 aliphatic rings. The molecule has 0 radical (unpaired) electrons. The van der Waals surface area contributed by atoms with Gasteiger partial charge in [0.2, 0.25) is 0 Å². The van der Waals surface area contributed by atoms with E-state index in [-0.39, 0.29) is 5.57 Å². The average Bonchev–Trinajstić information content (AvgIpc) is 3.03. The molecule has 33 heavy (non-hydrogen) atoms. The third-order valence-corrected chi connectivity index (χ3v) is 5.94. The first-order valence-electron chi connectivity index (χ1n) is 11.0. The monoisotopic (exact) mass is 441 g/mol. The molecule has 6 heteroatoms. The highest BCUT2D eigenvalue weighted by Crippen LogP contribution is 2.27. The molecule has 2 aromatic carbocycles. The zero-order valence-corrected chi connectivity index (χ0v) is 19.5. The van der Waals surface area contributed by atoms with Crippen LogP contribution in [0.25, 0.3) is 11.8 Å². The molecule has 1 fully saturated rings. The molecule has 0 saturated carbocycles. The van der Waals surface area contributed by atoms with Crippen LogP contribution in [0.1, 0.15) is 40.6 Å². The van der Waals surface area contributed by atoms with E-state index in [4.69, 9.17) is 0 Å². The maximum absolute atomic E-state index is 13.3. The van der Waals surface area contributed by atoms with E-state index in [2.05, 4.69) is 41.1 Å². The lowest BCUT2D eigenvalue weighted by Gasteiger charge is -2.27. The summed E-state index contributed by atoms with van der Waals surface area (Å²) in [6, 6.07) is 15.0. The third kappa shape index (κ3) is 4.12. The Hall–Kier alpha value is -3.93. The van der Waals surface area contributed by atoms with E-state index in [0.717, 1.165) is 45.1 Å². The van der Waals surface area contributed by atoms with Gasteiger partial charge in [0.1, 0.15) is 5.57 Å². The SMILES string of the molecule is CCc1ccc(-n2c(C)cc(/C=C3\C(=O)NC(=O)N(c4cc(C)cc(C)c4)C3=O)c2C)cc1. The molecule has 0 unspecified atom stereocenters. The summed E-state index contributed by atoms with van der Waals surface area (Å²) in [5.74, 6) is -1.33. The van der Waals surface area contributed by atoms with Crippen molar-refractivity contribution in [3.8, 4) is 5.69 Å². The van der Waals surface area contributed by atoms with Crippen LogP contribution in [0.3, 0.4) is 0 Å². The number of amides is 4. The van der Waals surface area contributed by atoms with Gasteiger partial charge in [0.05, 0.1) is 5.69 Å². The highest BCUT2D eigenvalue weighted by atomic mass is 16.2. The Labute approximate surface area is 193 Å². The van der Waals surface area contributed by atoms with Gasteiger partial charge in [0.15, 0.2) is 0 Å². The fourth-order valence-corrected chi connectivity index (χ4v) is 4.34. The second-order valence-corrected chi connectivity index (χ2v) is 8.49. The topological polar surface area (TPSA) is 71.4 Å². The number of rotatable bonds is 4. The summed E-state index contributed by atoms with van der Waals surface area (Å²) in [6.07, 6.45) is 2.53. The number of imide groups is 2.